The third kappa shape index (κ3) is 5.13. The van der Waals surface area contributed by atoms with Gasteiger partial charge in [-0.15, -0.1) is 6.58 Å². The Balaban J connectivity index is 2.02. The van der Waals surface area contributed by atoms with E-state index in [1.165, 1.54) is 51.7 Å². The maximum Gasteiger partial charge on any atom is 0.0117 e. The van der Waals surface area contributed by atoms with E-state index in [-0.39, 0.29) is 0 Å². The Labute approximate surface area is 101 Å². The second-order valence-electron chi connectivity index (χ2n) is 5.23. The highest BCUT2D eigenvalue weighted by atomic mass is 15.1. The summed E-state index contributed by atoms with van der Waals surface area (Å²) in [7, 11) is 2.22. The molecule has 1 rings (SSSR count). The second-order valence-corrected chi connectivity index (χ2v) is 5.23. The second kappa shape index (κ2) is 7.86. The fourth-order valence-electron chi connectivity index (χ4n) is 2.54. The minimum Gasteiger partial charge on any atom is -0.314 e. The molecule has 0 aliphatic carbocycles. The molecule has 16 heavy (non-hydrogen) atoms. The average molecular weight is 224 g/mol. The highest BCUT2D eigenvalue weighted by molar-refractivity contribution is 4.81. The Bertz CT molecular complexity index is 191. The van der Waals surface area contributed by atoms with E-state index in [1.807, 2.05) is 6.08 Å². The molecule has 0 radical (unpaired) electrons. The van der Waals surface area contributed by atoms with Crippen molar-refractivity contribution in [3.05, 3.63) is 12.7 Å². The van der Waals surface area contributed by atoms with Crippen LogP contribution in [-0.2, 0) is 0 Å². The summed E-state index contributed by atoms with van der Waals surface area (Å²) in [5.41, 5.74) is 0. The molecule has 0 aromatic rings. The summed E-state index contributed by atoms with van der Waals surface area (Å²) in [4.78, 5) is 2.44. The first-order chi connectivity index (χ1) is 7.74. The molecule has 1 aliphatic rings. The van der Waals surface area contributed by atoms with Crippen LogP contribution in [0.2, 0.25) is 0 Å². The van der Waals surface area contributed by atoms with Gasteiger partial charge in [-0.3, -0.25) is 0 Å². The third-order valence-electron chi connectivity index (χ3n) is 3.60. The van der Waals surface area contributed by atoms with Crippen LogP contribution in [0.25, 0.3) is 0 Å². The summed E-state index contributed by atoms with van der Waals surface area (Å²) in [5.74, 6) is 0.798. The van der Waals surface area contributed by atoms with Crippen molar-refractivity contribution >= 4 is 0 Å². The molecule has 2 atom stereocenters. The number of piperidine rings is 1. The molecule has 0 aromatic carbocycles. The zero-order valence-electron chi connectivity index (χ0n) is 11.0. The summed E-state index contributed by atoms with van der Waals surface area (Å²) in [6.45, 7) is 9.80. The lowest BCUT2D eigenvalue weighted by atomic mass is 9.94. The van der Waals surface area contributed by atoms with E-state index in [0.717, 1.165) is 12.0 Å². The Morgan fingerprint density at radius 3 is 2.88 bits per heavy atom. The van der Waals surface area contributed by atoms with E-state index in [1.54, 1.807) is 0 Å². The third-order valence-corrected chi connectivity index (χ3v) is 3.60. The lowest BCUT2D eigenvalue weighted by Crippen LogP contribution is -2.47. The predicted octanol–water partition coefficient (Wildman–Crippen LogP) is 2.66. The number of hydrogen-bond acceptors (Lipinski definition) is 2. The van der Waals surface area contributed by atoms with Crippen molar-refractivity contribution in [1.29, 1.82) is 0 Å². The van der Waals surface area contributed by atoms with Crippen LogP contribution in [-0.4, -0.2) is 37.6 Å². The Kier molecular flexibility index (Phi) is 6.74. The standard InChI is InChI=1S/C14H28N2/c1-4-5-6-7-8-10-15-14-9-11-16(3)12-13(14)2/h4,13-15H,1,5-12H2,2-3H3. The molecule has 1 fully saturated rings. The molecule has 2 nitrogen and oxygen atoms in total. The molecule has 0 bridgehead atoms. The molecular weight excluding hydrogens is 196 g/mol. The van der Waals surface area contributed by atoms with Crippen molar-refractivity contribution in [3.8, 4) is 0 Å². The molecule has 94 valence electrons. The van der Waals surface area contributed by atoms with Gasteiger partial charge in [-0.05, 0) is 51.7 Å². The zero-order chi connectivity index (χ0) is 11.8. The van der Waals surface area contributed by atoms with E-state index in [0.29, 0.717) is 0 Å². The summed E-state index contributed by atoms with van der Waals surface area (Å²) in [5, 5.41) is 3.72. The van der Waals surface area contributed by atoms with Gasteiger partial charge in [-0.2, -0.15) is 0 Å². The minimum atomic E-state index is 0.746. The van der Waals surface area contributed by atoms with Gasteiger partial charge in [0.15, 0.2) is 0 Å². The van der Waals surface area contributed by atoms with Crippen LogP contribution < -0.4 is 5.32 Å². The molecule has 1 N–H and O–H groups in total. The van der Waals surface area contributed by atoms with Gasteiger partial charge in [0.1, 0.15) is 0 Å². The number of allylic oxidation sites excluding steroid dienone is 1. The smallest absolute Gasteiger partial charge is 0.0117 e. The van der Waals surface area contributed by atoms with Crippen molar-refractivity contribution in [2.24, 2.45) is 5.92 Å². The molecule has 0 spiro atoms. The molecule has 0 amide bonds. The number of nitrogens with one attached hydrogen (secondary N) is 1. The molecule has 0 saturated carbocycles. The van der Waals surface area contributed by atoms with Gasteiger partial charge in [0.2, 0.25) is 0 Å². The van der Waals surface area contributed by atoms with E-state index in [9.17, 15) is 0 Å². The molecule has 2 heteroatoms. The lowest BCUT2D eigenvalue weighted by molar-refractivity contribution is 0.175. The van der Waals surface area contributed by atoms with Crippen molar-refractivity contribution in [3.63, 3.8) is 0 Å². The number of hydrogen-bond donors (Lipinski definition) is 1. The van der Waals surface area contributed by atoms with Gasteiger partial charge in [-0.25, -0.2) is 0 Å². The fraction of sp³-hybridized carbons (Fsp3) is 0.857. The first-order valence-corrected chi connectivity index (χ1v) is 6.77. The van der Waals surface area contributed by atoms with E-state index in [2.05, 4.69) is 30.8 Å². The maximum absolute atomic E-state index is 3.75. The highest BCUT2D eigenvalue weighted by Crippen LogP contribution is 2.15. The van der Waals surface area contributed by atoms with E-state index in [4.69, 9.17) is 0 Å². The van der Waals surface area contributed by atoms with Gasteiger partial charge in [0, 0.05) is 12.6 Å². The quantitative estimate of drug-likeness (QED) is 0.528. The lowest BCUT2D eigenvalue weighted by Gasteiger charge is -2.35. The van der Waals surface area contributed by atoms with Gasteiger partial charge in [0.25, 0.3) is 0 Å². The first kappa shape index (κ1) is 13.7. The van der Waals surface area contributed by atoms with E-state index < -0.39 is 0 Å². The van der Waals surface area contributed by atoms with Crippen molar-refractivity contribution < 1.29 is 0 Å². The first-order valence-electron chi connectivity index (χ1n) is 6.77. The summed E-state index contributed by atoms with van der Waals surface area (Å²) >= 11 is 0. The zero-order valence-corrected chi connectivity index (χ0v) is 11.0. The Morgan fingerprint density at radius 1 is 1.38 bits per heavy atom. The molecule has 2 unspecified atom stereocenters. The molecule has 1 heterocycles. The van der Waals surface area contributed by atoms with Gasteiger partial charge >= 0.3 is 0 Å². The van der Waals surface area contributed by atoms with Crippen LogP contribution in [0.3, 0.4) is 0 Å². The fourth-order valence-corrected chi connectivity index (χ4v) is 2.54. The highest BCUT2D eigenvalue weighted by Gasteiger charge is 2.22. The molecule has 0 aromatic heterocycles. The van der Waals surface area contributed by atoms with Crippen LogP contribution in [0.4, 0.5) is 0 Å². The van der Waals surface area contributed by atoms with Crippen LogP contribution in [0.1, 0.15) is 39.0 Å². The van der Waals surface area contributed by atoms with Crippen LogP contribution in [0.15, 0.2) is 12.7 Å². The minimum absolute atomic E-state index is 0.746. The topological polar surface area (TPSA) is 15.3 Å². The Hall–Kier alpha value is -0.340. The van der Waals surface area contributed by atoms with Crippen LogP contribution >= 0.6 is 0 Å². The maximum atomic E-state index is 3.75. The summed E-state index contributed by atoms with van der Waals surface area (Å²) < 4.78 is 0. The average Bonchev–Trinajstić information content (AvgIpc) is 2.26. The SMILES string of the molecule is C=CCCCCCNC1CCN(C)CC1C. The Morgan fingerprint density at radius 2 is 2.19 bits per heavy atom. The normalized spacial score (nSPS) is 26.9. The van der Waals surface area contributed by atoms with Crippen molar-refractivity contribution in [2.45, 2.75) is 45.1 Å². The van der Waals surface area contributed by atoms with Crippen molar-refractivity contribution in [2.75, 3.05) is 26.7 Å². The van der Waals surface area contributed by atoms with Gasteiger partial charge < -0.3 is 10.2 Å². The van der Waals surface area contributed by atoms with Crippen molar-refractivity contribution in [1.82, 2.24) is 10.2 Å². The van der Waals surface area contributed by atoms with Crippen LogP contribution in [0.5, 0.6) is 0 Å². The number of unbranched alkanes of at least 4 members (excludes halogenated alkanes) is 3. The largest absolute Gasteiger partial charge is 0.314 e. The summed E-state index contributed by atoms with van der Waals surface area (Å²) in [6, 6.07) is 0.746. The molecular formula is C14H28N2. The molecule has 1 saturated heterocycles. The number of nitrogens with zero attached hydrogens (tertiary/aromatic N) is 1. The van der Waals surface area contributed by atoms with Crippen LogP contribution in [0, 0.1) is 5.92 Å². The van der Waals surface area contributed by atoms with E-state index >= 15 is 0 Å². The summed E-state index contributed by atoms with van der Waals surface area (Å²) in [6.07, 6.45) is 8.45. The predicted molar refractivity (Wildman–Crippen MR) is 71.7 cm³/mol. The van der Waals surface area contributed by atoms with Gasteiger partial charge in [0.05, 0.1) is 0 Å². The van der Waals surface area contributed by atoms with Gasteiger partial charge in [-0.1, -0.05) is 19.4 Å². The monoisotopic (exact) mass is 224 g/mol. The molecule has 1 aliphatic heterocycles. The number of rotatable bonds is 7. The number of likely N-dealkylation sites (tertiary alicyclic amines) is 1.